The Hall–Kier alpha value is -0.981. The molecule has 0 aliphatic rings. The van der Waals surface area contributed by atoms with Crippen LogP contribution in [0.25, 0.3) is 0 Å². The van der Waals surface area contributed by atoms with E-state index in [1.807, 2.05) is 0 Å². The summed E-state index contributed by atoms with van der Waals surface area (Å²) in [6, 6.07) is 0. The number of hydrogen-bond acceptors (Lipinski definition) is 7. The molecule has 0 rings (SSSR count). The molecule has 0 aliphatic heterocycles. The SMILES string of the molecule is O=C([O-])CC(O)(CC(=O)[O-])C(=O)[O-].[99Tc]. The molecule has 0 heterocycles. The molecule has 0 aromatic carbocycles. The van der Waals surface area contributed by atoms with Gasteiger partial charge in [-0.25, -0.2) is 0 Å². The number of carboxylic acids is 3. The molecule has 7 nitrogen and oxygen atoms in total. The summed E-state index contributed by atoms with van der Waals surface area (Å²) in [5.41, 5.74) is -2.97. The van der Waals surface area contributed by atoms with E-state index in [4.69, 9.17) is 5.11 Å². The first-order valence-electron chi connectivity index (χ1n) is 3.11. The van der Waals surface area contributed by atoms with Crippen molar-refractivity contribution in [2.24, 2.45) is 0 Å². The maximum absolute atomic E-state index is 10.1. The van der Waals surface area contributed by atoms with Crippen molar-refractivity contribution in [3.63, 3.8) is 0 Å². The van der Waals surface area contributed by atoms with Gasteiger partial charge in [-0.2, -0.15) is 0 Å². The van der Waals surface area contributed by atoms with E-state index in [1.54, 1.807) is 0 Å². The molecule has 1 N–H and O–H groups in total. The first-order valence-corrected chi connectivity index (χ1v) is 3.11. The van der Waals surface area contributed by atoms with Crippen molar-refractivity contribution < 1.29 is 54.9 Å². The third-order valence-electron chi connectivity index (χ3n) is 1.25. The fraction of sp³-hybridized carbons (Fsp3) is 0.500. The summed E-state index contributed by atoms with van der Waals surface area (Å²) >= 11 is 0. The van der Waals surface area contributed by atoms with Crippen molar-refractivity contribution in [3.05, 3.63) is 0 Å². The number of aliphatic hydroxyl groups is 1. The van der Waals surface area contributed by atoms with Gasteiger partial charge in [0, 0.05) is 44.9 Å². The molecule has 0 aliphatic carbocycles. The fourth-order valence-corrected chi connectivity index (χ4v) is 0.684. The number of hydrogen-bond donors (Lipinski definition) is 1. The van der Waals surface area contributed by atoms with E-state index in [2.05, 4.69) is 0 Å². The average molecular weight is 288 g/mol. The Morgan fingerprint density at radius 3 is 1.43 bits per heavy atom. The number of aliphatic carboxylic acids is 3. The van der Waals surface area contributed by atoms with Crippen LogP contribution in [0, 0.1) is 0 Å². The molecule has 0 amide bonds. The number of rotatable bonds is 5. The maximum atomic E-state index is 10.1. The molecule has 0 unspecified atom stereocenters. The largest absolute Gasteiger partial charge is 0.550 e. The van der Waals surface area contributed by atoms with E-state index in [-0.39, 0.29) is 20.1 Å². The van der Waals surface area contributed by atoms with Gasteiger partial charge in [-0.1, -0.05) is 0 Å². The van der Waals surface area contributed by atoms with E-state index in [0.29, 0.717) is 0 Å². The summed E-state index contributed by atoms with van der Waals surface area (Å²) < 4.78 is 0. The molecular weight excluding hydrogens is 283 g/mol. The van der Waals surface area contributed by atoms with E-state index >= 15 is 0 Å². The first-order chi connectivity index (χ1) is 5.78. The molecule has 0 aromatic heterocycles. The van der Waals surface area contributed by atoms with Gasteiger partial charge < -0.3 is 34.8 Å². The molecule has 0 aromatic rings. The normalized spacial score (nSPS) is 10.1. The van der Waals surface area contributed by atoms with Crippen molar-refractivity contribution in [1.29, 1.82) is 0 Å². The zero-order valence-corrected chi connectivity index (χ0v) is 8.55. The van der Waals surface area contributed by atoms with Crippen LogP contribution in [0.4, 0.5) is 0 Å². The Balaban J connectivity index is 0. The summed E-state index contributed by atoms with van der Waals surface area (Å²) in [6.07, 6.45) is -2.72. The van der Waals surface area contributed by atoms with E-state index in [1.165, 1.54) is 0 Å². The van der Waals surface area contributed by atoms with Gasteiger partial charge in [0.2, 0.25) is 0 Å². The molecule has 0 bridgehead atoms. The van der Waals surface area contributed by atoms with Crippen LogP contribution in [0.5, 0.6) is 0 Å². The third-order valence-corrected chi connectivity index (χ3v) is 1.25. The van der Waals surface area contributed by atoms with Crippen LogP contribution in [0.15, 0.2) is 0 Å². The molecular formula is C6H5O7Tc-3. The van der Waals surface area contributed by atoms with Crippen LogP contribution in [-0.2, 0) is 34.5 Å². The van der Waals surface area contributed by atoms with E-state index in [9.17, 15) is 29.7 Å². The Bertz CT molecular complexity index is 233. The predicted octanol–water partition coefficient (Wildman–Crippen LogP) is -5.26. The van der Waals surface area contributed by atoms with Gasteiger partial charge in [-0.05, 0) is 0 Å². The molecule has 0 spiro atoms. The van der Waals surface area contributed by atoms with Crippen molar-refractivity contribution in [2.45, 2.75) is 18.4 Å². The van der Waals surface area contributed by atoms with Gasteiger partial charge in [0.15, 0.2) is 0 Å². The van der Waals surface area contributed by atoms with Crippen LogP contribution in [-0.4, -0.2) is 28.6 Å². The molecule has 8 heteroatoms. The first kappa shape index (κ1) is 15.5. The average Bonchev–Trinajstić information content (AvgIpc) is 1.82. The zero-order valence-electron chi connectivity index (χ0n) is 6.69. The minimum Gasteiger partial charge on any atom is -0.550 e. The van der Waals surface area contributed by atoms with Crippen molar-refractivity contribution in [2.75, 3.05) is 0 Å². The van der Waals surface area contributed by atoms with Gasteiger partial charge >= 0.3 is 0 Å². The van der Waals surface area contributed by atoms with Crippen LogP contribution in [0.3, 0.4) is 0 Å². The Labute approximate surface area is 91.7 Å². The second-order valence-corrected chi connectivity index (χ2v) is 2.42. The summed E-state index contributed by atoms with van der Waals surface area (Å²) in [5, 5.41) is 38.9. The predicted molar refractivity (Wildman–Crippen MR) is 29.2 cm³/mol. The molecule has 81 valence electrons. The molecule has 14 heavy (non-hydrogen) atoms. The number of carbonyl (C=O) groups excluding carboxylic acids is 3. The van der Waals surface area contributed by atoms with Crippen molar-refractivity contribution >= 4 is 17.9 Å². The van der Waals surface area contributed by atoms with Gasteiger partial charge in [-0.3, -0.25) is 0 Å². The standard InChI is InChI=1S/C6H8O7.Tc/c7-3(8)1-6(13,5(11)12)2-4(9)10;/h13H,1-2H2,(H,7,8)(H,9,10)(H,11,12);/p-3/i;1+1. The number of carbonyl (C=O) groups is 3. The third kappa shape index (κ3) is 4.90. The van der Waals surface area contributed by atoms with Crippen molar-refractivity contribution in [3.8, 4) is 0 Å². The summed E-state index contributed by atoms with van der Waals surface area (Å²) in [4.78, 5) is 30.0. The van der Waals surface area contributed by atoms with Gasteiger partial charge in [-0.15, -0.1) is 0 Å². The minimum absolute atomic E-state index is 0. The molecule has 1 radical (unpaired) electrons. The van der Waals surface area contributed by atoms with Gasteiger partial charge in [0.25, 0.3) is 0 Å². The van der Waals surface area contributed by atoms with E-state index < -0.39 is 36.4 Å². The molecule has 0 saturated carbocycles. The second kappa shape index (κ2) is 5.69. The Morgan fingerprint density at radius 2 is 1.29 bits per heavy atom. The Kier molecular flexibility index (Phi) is 6.29. The zero-order chi connectivity index (χ0) is 10.6. The maximum Gasteiger partial charge on any atom is 0.114 e. The smallest absolute Gasteiger partial charge is 0.114 e. The monoisotopic (exact) mass is 288 g/mol. The van der Waals surface area contributed by atoms with Crippen LogP contribution in [0.1, 0.15) is 12.8 Å². The quantitative estimate of drug-likeness (QED) is 0.532. The molecule has 0 atom stereocenters. The van der Waals surface area contributed by atoms with Gasteiger partial charge in [0.05, 0.1) is 5.97 Å². The summed E-state index contributed by atoms with van der Waals surface area (Å²) in [5.74, 6) is -5.98. The van der Waals surface area contributed by atoms with Crippen molar-refractivity contribution in [1.82, 2.24) is 0 Å². The molecule has 0 fully saturated rings. The minimum atomic E-state index is -2.97. The topological polar surface area (TPSA) is 141 Å². The Morgan fingerprint density at radius 1 is 1.00 bits per heavy atom. The second-order valence-electron chi connectivity index (χ2n) is 2.42. The molecule has 0 saturated heterocycles. The summed E-state index contributed by atoms with van der Waals surface area (Å²) in [6.45, 7) is 0. The van der Waals surface area contributed by atoms with Gasteiger partial charge in [0.1, 0.15) is 5.60 Å². The summed E-state index contributed by atoms with van der Waals surface area (Å²) in [7, 11) is 0. The van der Waals surface area contributed by atoms with E-state index in [0.717, 1.165) is 0 Å². The fourth-order valence-electron chi connectivity index (χ4n) is 0.684. The van der Waals surface area contributed by atoms with Crippen LogP contribution < -0.4 is 15.3 Å². The van der Waals surface area contributed by atoms with Crippen LogP contribution >= 0.6 is 0 Å². The number of carboxylic acid groups (broad SMARTS) is 3. The van der Waals surface area contributed by atoms with Crippen LogP contribution in [0.2, 0.25) is 0 Å².